The Labute approximate surface area is 113 Å². The molecule has 0 aliphatic carbocycles. The van der Waals surface area contributed by atoms with Crippen LogP contribution in [0.5, 0.6) is 0 Å². The molecule has 0 saturated carbocycles. The van der Waals surface area contributed by atoms with E-state index in [1.807, 2.05) is 0 Å². The molecule has 1 fully saturated rings. The third-order valence-corrected chi connectivity index (χ3v) is 4.97. The van der Waals surface area contributed by atoms with Crippen molar-refractivity contribution in [1.82, 2.24) is 14.5 Å². The Bertz CT molecular complexity index is 595. The van der Waals surface area contributed by atoms with Crippen LogP contribution in [-0.2, 0) is 31.4 Å². The van der Waals surface area contributed by atoms with Gasteiger partial charge in [0.1, 0.15) is 0 Å². The van der Waals surface area contributed by atoms with E-state index in [-0.39, 0.29) is 11.2 Å². The molecule has 1 saturated heterocycles. The van der Waals surface area contributed by atoms with E-state index in [0.717, 1.165) is 28.9 Å². The van der Waals surface area contributed by atoms with Crippen molar-refractivity contribution >= 4 is 10.8 Å². The van der Waals surface area contributed by atoms with E-state index in [0.29, 0.717) is 18.3 Å². The Hall–Kier alpha value is -1.21. The summed E-state index contributed by atoms with van der Waals surface area (Å²) in [4.78, 5) is 23.4. The van der Waals surface area contributed by atoms with Gasteiger partial charge in [0.05, 0.1) is 0 Å². The van der Waals surface area contributed by atoms with E-state index in [2.05, 4.69) is 5.32 Å². The van der Waals surface area contributed by atoms with Gasteiger partial charge in [0.15, 0.2) is 0 Å². The summed E-state index contributed by atoms with van der Waals surface area (Å²) in [5.41, 5.74) is 0.0819. The summed E-state index contributed by atoms with van der Waals surface area (Å²) >= 11 is 0. The molecular formula is C12H19N3O3S. The standard InChI is InChI=1S/C12H19N3O3S/c1-14-10(7-11(16)15(2)12(14)17)8-13-9-3-5-19(18)6-4-9/h7,9,13H,3-6,8H2,1-2H3. The fourth-order valence-electron chi connectivity index (χ4n) is 2.19. The third kappa shape index (κ3) is 3.22. The highest BCUT2D eigenvalue weighted by molar-refractivity contribution is 7.85. The van der Waals surface area contributed by atoms with Gasteiger partial charge in [-0.25, -0.2) is 4.79 Å². The van der Waals surface area contributed by atoms with Crippen molar-refractivity contribution in [3.8, 4) is 0 Å². The summed E-state index contributed by atoms with van der Waals surface area (Å²) in [7, 11) is 2.46. The van der Waals surface area contributed by atoms with Crippen molar-refractivity contribution in [2.75, 3.05) is 11.5 Å². The van der Waals surface area contributed by atoms with Gasteiger partial charge in [-0.15, -0.1) is 0 Å². The van der Waals surface area contributed by atoms with Gasteiger partial charge >= 0.3 is 5.69 Å². The second-order valence-corrected chi connectivity index (χ2v) is 6.57. The smallest absolute Gasteiger partial charge is 0.308 e. The second kappa shape index (κ2) is 5.83. The van der Waals surface area contributed by atoms with Crippen LogP contribution in [0.1, 0.15) is 18.5 Å². The monoisotopic (exact) mass is 285 g/mol. The number of aromatic nitrogens is 2. The highest BCUT2D eigenvalue weighted by Gasteiger charge is 2.17. The van der Waals surface area contributed by atoms with E-state index in [1.54, 1.807) is 7.05 Å². The Morgan fingerprint density at radius 3 is 2.53 bits per heavy atom. The maximum Gasteiger partial charge on any atom is 0.330 e. The van der Waals surface area contributed by atoms with Crippen LogP contribution in [0.3, 0.4) is 0 Å². The van der Waals surface area contributed by atoms with Crippen molar-refractivity contribution in [3.63, 3.8) is 0 Å². The molecule has 0 aromatic carbocycles. The van der Waals surface area contributed by atoms with Crippen LogP contribution in [0.15, 0.2) is 15.7 Å². The molecule has 0 unspecified atom stereocenters. The molecule has 2 heterocycles. The maximum absolute atomic E-state index is 11.8. The summed E-state index contributed by atoms with van der Waals surface area (Å²) in [5.74, 6) is 1.46. The van der Waals surface area contributed by atoms with Gasteiger partial charge < -0.3 is 5.32 Å². The van der Waals surface area contributed by atoms with Crippen LogP contribution in [0.2, 0.25) is 0 Å². The van der Waals surface area contributed by atoms with Crippen LogP contribution in [0.4, 0.5) is 0 Å². The zero-order valence-electron chi connectivity index (χ0n) is 11.2. The molecule has 2 rings (SSSR count). The molecular weight excluding hydrogens is 266 g/mol. The number of rotatable bonds is 3. The lowest BCUT2D eigenvalue weighted by atomic mass is 10.1. The van der Waals surface area contributed by atoms with Crippen molar-refractivity contribution in [3.05, 3.63) is 32.6 Å². The number of hydrogen-bond donors (Lipinski definition) is 1. The van der Waals surface area contributed by atoms with Crippen LogP contribution < -0.4 is 16.6 Å². The van der Waals surface area contributed by atoms with E-state index < -0.39 is 10.8 Å². The fraction of sp³-hybridized carbons (Fsp3) is 0.667. The first-order chi connectivity index (χ1) is 8.99. The zero-order chi connectivity index (χ0) is 14.0. The lowest BCUT2D eigenvalue weighted by Gasteiger charge is -2.23. The molecule has 0 radical (unpaired) electrons. The molecule has 7 heteroatoms. The molecule has 1 aromatic rings. The van der Waals surface area contributed by atoms with E-state index >= 15 is 0 Å². The fourth-order valence-corrected chi connectivity index (χ4v) is 3.49. The highest BCUT2D eigenvalue weighted by atomic mass is 32.2. The van der Waals surface area contributed by atoms with Crippen molar-refractivity contribution < 1.29 is 4.21 Å². The van der Waals surface area contributed by atoms with Crippen molar-refractivity contribution in [1.29, 1.82) is 0 Å². The summed E-state index contributed by atoms with van der Waals surface area (Å²) in [5, 5.41) is 3.33. The minimum absolute atomic E-state index is 0.287. The Morgan fingerprint density at radius 1 is 1.26 bits per heavy atom. The molecule has 1 aliphatic heterocycles. The van der Waals surface area contributed by atoms with Crippen molar-refractivity contribution in [2.45, 2.75) is 25.4 Å². The summed E-state index contributed by atoms with van der Waals surface area (Å²) in [6.07, 6.45) is 1.76. The van der Waals surface area contributed by atoms with Crippen LogP contribution in [0, 0.1) is 0 Å². The maximum atomic E-state index is 11.8. The molecule has 0 atom stereocenters. The lowest BCUT2D eigenvalue weighted by molar-refractivity contribution is 0.463. The molecule has 1 aromatic heterocycles. The normalized spacial score (nSPS) is 23.5. The predicted molar refractivity (Wildman–Crippen MR) is 74.7 cm³/mol. The van der Waals surface area contributed by atoms with Crippen LogP contribution in [-0.4, -0.2) is 30.9 Å². The van der Waals surface area contributed by atoms with Crippen molar-refractivity contribution in [2.24, 2.45) is 14.1 Å². The van der Waals surface area contributed by atoms with E-state index in [1.165, 1.54) is 17.7 Å². The molecule has 19 heavy (non-hydrogen) atoms. The average Bonchev–Trinajstić information content (AvgIpc) is 2.41. The summed E-state index contributed by atoms with van der Waals surface area (Å²) in [6.45, 7) is 0.485. The minimum Gasteiger partial charge on any atom is -0.308 e. The minimum atomic E-state index is -0.672. The lowest BCUT2D eigenvalue weighted by Crippen LogP contribution is -2.41. The van der Waals surface area contributed by atoms with Gasteiger partial charge in [-0.2, -0.15) is 0 Å². The van der Waals surface area contributed by atoms with Gasteiger partial charge in [-0.1, -0.05) is 0 Å². The average molecular weight is 285 g/mol. The van der Waals surface area contributed by atoms with Gasteiger partial charge in [0.2, 0.25) is 0 Å². The number of hydrogen-bond acceptors (Lipinski definition) is 4. The predicted octanol–water partition coefficient (Wildman–Crippen LogP) is -0.915. The molecule has 106 valence electrons. The highest BCUT2D eigenvalue weighted by Crippen LogP contribution is 2.09. The van der Waals surface area contributed by atoms with Gasteiger partial charge in [-0.05, 0) is 12.8 Å². The molecule has 0 spiro atoms. The van der Waals surface area contributed by atoms with Crippen LogP contribution in [0.25, 0.3) is 0 Å². The topological polar surface area (TPSA) is 73.1 Å². The first-order valence-electron chi connectivity index (χ1n) is 6.33. The summed E-state index contributed by atoms with van der Waals surface area (Å²) < 4.78 is 13.8. The number of nitrogens with one attached hydrogen (secondary N) is 1. The summed E-state index contributed by atoms with van der Waals surface area (Å²) in [6, 6.07) is 1.80. The zero-order valence-corrected chi connectivity index (χ0v) is 12.0. The molecule has 1 N–H and O–H groups in total. The Morgan fingerprint density at radius 2 is 1.89 bits per heavy atom. The van der Waals surface area contributed by atoms with Gasteiger partial charge in [0.25, 0.3) is 5.56 Å². The molecule has 0 bridgehead atoms. The molecule has 6 nitrogen and oxygen atoms in total. The Kier molecular flexibility index (Phi) is 4.36. The van der Waals surface area contributed by atoms with Gasteiger partial charge in [-0.3, -0.25) is 18.1 Å². The largest absolute Gasteiger partial charge is 0.330 e. The first kappa shape index (κ1) is 14.2. The Balaban J connectivity index is 2.06. The third-order valence-electron chi connectivity index (χ3n) is 3.59. The molecule has 0 amide bonds. The second-order valence-electron chi connectivity index (χ2n) is 4.88. The molecule has 1 aliphatic rings. The van der Waals surface area contributed by atoms with Gasteiger partial charge in [0, 0.05) is 60.7 Å². The first-order valence-corrected chi connectivity index (χ1v) is 7.82. The quantitative estimate of drug-likeness (QED) is 0.780. The van der Waals surface area contributed by atoms with E-state index in [4.69, 9.17) is 0 Å². The SMILES string of the molecule is Cn1c(CNC2CCS(=O)CC2)cc(=O)n(C)c1=O. The van der Waals surface area contributed by atoms with E-state index in [9.17, 15) is 13.8 Å². The number of nitrogens with zero attached hydrogens (tertiary/aromatic N) is 2. The van der Waals surface area contributed by atoms with Crippen LogP contribution >= 0.6 is 0 Å².